The van der Waals surface area contributed by atoms with Crippen molar-refractivity contribution < 1.29 is 27.5 Å². The van der Waals surface area contributed by atoms with Gasteiger partial charge in [0.25, 0.3) is 0 Å². The van der Waals surface area contributed by atoms with Crippen LogP contribution in [0, 0.1) is 6.92 Å². The van der Waals surface area contributed by atoms with E-state index in [0.717, 1.165) is 5.56 Å². The highest BCUT2D eigenvalue weighted by Gasteiger charge is 2.31. The lowest BCUT2D eigenvalue weighted by Gasteiger charge is -2.20. The second-order valence-electron chi connectivity index (χ2n) is 6.99. The Bertz CT molecular complexity index is 1270. The Labute approximate surface area is 183 Å². The van der Waals surface area contributed by atoms with Crippen molar-refractivity contribution in [1.82, 2.24) is 4.72 Å². The molecule has 0 bridgehead atoms. The summed E-state index contributed by atoms with van der Waals surface area (Å²) >= 11 is 5.77. The predicted molar refractivity (Wildman–Crippen MR) is 114 cm³/mol. The topological polar surface area (TPSA) is 123 Å². The molecule has 0 saturated carbocycles. The first-order valence-corrected chi connectivity index (χ1v) is 11.1. The first-order chi connectivity index (χ1) is 14.6. The summed E-state index contributed by atoms with van der Waals surface area (Å²) in [7, 11) is -4.13. The van der Waals surface area contributed by atoms with Crippen LogP contribution in [0.15, 0.2) is 62.6 Å². The van der Waals surface area contributed by atoms with Crippen LogP contribution in [-0.4, -0.2) is 31.6 Å². The van der Waals surface area contributed by atoms with Gasteiger partial charge in [-0.25, -0.2) is 13.2 Å². The number of aryl methyl sites for hydroxylation is 1. The van der Waals surface area contributed by atoms with E-state index in [1.807, 2.05) is 13.0 Å². The van der Waals surface area contributed by atoms with E-state index < -0.39 is 33.8 Å². The average Bonchev–Trinajstić information content (AvgIpc) is 2.69. The second kappa shape index (κ2) is 9.19. The maximum absolute atomic E-state index is 12.6. The fourth-order valence-corrected chi connectivity index (χ4v) is 4.27. The third kappa shape index (κ3) is 5.50. The van der Waals surface area contributed by atoms with Crippen molar-refractivity contribution in [3.63, 3.8) is 0 Å². The molecule has 2 N–H and O–H groups in total. The van der Waals surface area contributed by atoms with Crippen molar-refractivity contribution in [2.24, 2.45) is 0 Å². The van der Waals surface area contributed by atoms with Gasteiger partial charge in [0.05, 0.1) is 11.0 Å². The van der Waals surface area contributed by atoms with E-state index in [-0.39, 0.29) is 11.5 Å². The molecule has 10 heteroatoms. The molecular formula is C21H20ClNO7S. The summed E-state index contributed by atoms with van der Waals surface area (Å²) in [5.74, 6) is -0.999. The molecule has 2 aromatic carbocycles. The third-order valence-corrected chi connectivity index (χ3v) is 6.21. The van der Waals surface area contributed by atoms with Gasteiger partial charge in [0, 0.05) is 22.0 Å². The highest BCUT2D eigenvalue weighted by molar-refractivity contribution is 7.89. The Morgan fingerprint density at radius 1 is 1.19 bits per heavy atom. The third-order valence-electron chi connectivity index (χ3n) is 4.50. The number of benzene rings is 2. The van der Waals surface area contributed by atoms with Crippen LogP contribution in [0.4, 0.5) is 0 Å². The van der Waals surface area contributed by atoms with E-state index in [1.54, 1.807) is 12.1 Å². The molecule has 0 amide bonds. The van der Waals surface area contributed by atoms with Crippen molar-refractivity contribution >= 4 is 38.6 Å². The summed E-state index contributed by atoms with van der Waals surface area (Å²) in [5.41, 5.74) is 1.01. The molecule has 0 aliphatic rings. The second-order valence-corrected chi connectivity index (χ2v) is 9.14. The molecule has 2 unspecified atom stereocenters. The van der Waals surface area contributed by atoms with Crippen LogP contribution in [0.2, 0.25) is 5.02 Å². The van der Waals surface area contributed by atoms with Crippen LogP contribution in [0.25, 0.3) is 11.0 Å². The molecule has 0 spiro atoms. The Morgan fingerprint density at radius 3 is 2.52 bits per heavy atom. The first kappa shape index (κ1) is 23.0. The van der Waals surface area contributed by atoms with E-state index in [9.17, 15) is 23.1 Å². The maximum Gasteiger partial charge on any atom is 0.336 e. The molecule has 0 aliphatic heterocycles. The normalized spacial score (nSPS) is 13.7. The number of carbonyl (C=O) groups is 1. The molecule has 31 heavy (non-hydrogen) atoms. The molecule has 0 aliphatic carbocycles. The number of carbonyl (C=O) groups excluding carboxylic acids is 1. The molecule has 1 heterocycles. The fourth-order valence-electron chi connectivity index (χ4n) is 2.89. The van der Waals surface area contributed by atoms with Gasteiger partial charge in [-0.15, -0.1) is 0 Å². The van der Waals surface area contributed by atoms with Gasteiger partial charge in [-0.1, -0.05) is 23.7 Å². The molecule has 3 rings (SSSR count). The smallest absolute Gasteiger partial charge is 0.336 e. The minimum Gasteiger partial charge on any atom is -0.460 e. The zero-order valence-electron chi connectivity index (χ0n) is 16.7. The fraction of sp³-hybridized carbons (Fsp3) is 0.238. The van der Waals surface area contributed by atoms with Gasteiger partial charge in [0.1, 0.15) is 18.2 Å². The van der Waals surface area contributed by atoms with Crippen molar-refractivity contribution in [3.8, 4) is 0 Å². The van der Waals surface area contributed by atoms with Gasteiger partial charge in [-0.2, -0.15) is 4.72 Å². The number of hydrogen-bond donors (Lipinski definition) is 2. The van der Waals surface area contributed by atoms with Gasteiger partial charge in [-0.05, 0) is 49.7 Å². The van der Waals surface area contributed by atoms with Crippen LogP contribution in [-0.2, 0) is 26.2 Å². The molecule has 0 radical (unpaired) electrons. The number of halogens is 1. The van der Waals surface area contributed by atoms with Gasteiger partial charge in [0.15, 0.2) is 0 Å². The number of aliphatic hydroxyl groups is 1. The lowest BCUT2D eigenvalue weighted by molar-refractivity contribution is -0.149. The van der Waals surface area contributed by atoms with Crippen LogP contribution in [0.5, 0.6) is 0 Å². The lowest BCUT2D eigenvalue weighted by Crippen LogP contribution is -2.48. The zero-order chi connectivity index (χ0) is 22.8. The van der Waals surface area contributed by atoms with Crippen molar-refractivity contribution in [2.75, 3.05) is 0 Å². The highest BCUT2D eigenvalue weighted by Crippen LogP contribution is 2.20. The van der Waals surface area contributed by atoms with Crippen molar-refractivity contribution in [2.45, 2.75) is 37.5 Å². The Balaban J connectivity index is 1.80. The van der Waals surface area contributed by atoms with Gasteiger partial charge in [0.2, 0.25) is 10.0 Å². The summed E-state index contributed by atoms with van der Waals surface area (Å²) in [6.07, 6.45) is -1.38. The molecule has 3 aromatic rings. The molecular weight excluding hydrogens is 446 g/mol. The van der Waals surface area contributed by atoms with Crippen LogP contribution >= 0.6 is 11.6 Å². The molecule has 1 aromatic heterocycles. The van der Waals surface area contributed by atoms with E-state index in [1.165, 1.54) is 37.3 Å². The first-order valence-electron chi connectivity index (χ1n) is 9.23. The number of esters is 1. The number of hydrogen-bond acceptors (Lipinski definition) is 7. The number of fused-ring (bicyclic) bond motifs is 1. The SMILES string of the molecule is Cc1ccc2c(COC(=O)C(NS(=O)(=O)c3ccc(Cl)cc3)C(C)O)cc(=O)oc2c1. The Hall–Kier alpha value is -2.72. The lowest BCUT2D eigenvalue weighted by atomic mass is 10.1. The van der Waals surface area contributed by atoms with E-state index in [0.29, 0.717) is 21.6 Å². The maximum atomic E-state index is 12.6. The number of sulfonamides is 1. The van der Waals surface area contributed by atoms with Gasteiger partial charge in [-0.3, -0.25) is 4.79 Å². The largest absolute Gasteiger partial charge is 0.460 e. The molecule has 2 atom stereocenters. The molecule has 0 fully saturated rings. The number of rotatable bonds is 7. The number of nitrogens with one attached hydrogen (secondary N) is 1. The molecule has 0 saturated heterocycles. The molecule has 164 valence electrons. The van der Waals surface area contributed by atoms with Crippen molar-refractivity contribution in [3.05, 3.63) is 75.1 Å². The van der Waals surface area contributed by atoms with Crippen LogP contribution < -0.4 is 10.3 Å². The van der Waals surface area contributed by atoms with Crippen molar-refractivity contribution in [1.29, 1.82) is 0 Å². The number of aliphatic hydroxyl groups excluding tert-OH is 1. The average molecular weight is 466 g/mol. The summed E-state index contributed by atoms with van der Waals surface area (Å²) in [6, 6.07) is 10.2. The summed E-state index contributed by atoms with van der Waals surface area (Å²) in [4.78, 5) is 24.3. The van der Waals surface area contributed by atoms with E-state index in [2.05, 4.69) is 4.72 Å². The predicted octanol–water partition coefficient (Wildman–Crippen LogP) is 2.53. The Morgan fingerprint density at radius 2 is 1.87 bits per heavy atom. The van der Waals surface area contributed by atoms with Crippen LogP contribution in [0.3, 0.4) is 0 Å². The summed E-state index contributed by atoms with van der Waals surface area (Å²) in [5, 5.41) is 10.9. The standard InChI is InChI=1S/C21H20ClNO7S/c1-12-3-8-17-14(10-19(25)30-18(17)9-12)11-29-21(26)20(13(2)24)23-31(27,28)16-6-4-15(22)5-7-16/h3-10,13,20,23-24H,11H2,1-2H3. The van der Waals surface area contributed by atoms with Gasteiger partial charge >= 0.3 is 11.6 Å². The molecule has 8 nitrogen and oxygen atoms in total. The van der Waals surface area contributed by atoms with Crippen LogP contribution in [0.1, 0.15) is 18.1 Å². The monoisotopic (exact) mass is 465 g/mol. The quantitative estimate of drug-likeness (QED) is 0.406. The van der Waals surface area contributed by atoms with E-state index in [4.69, 9.17) is 20.8 Å². The van der Waals surface area contributed by atoms with E-state index >= 15 is 0 Å². The highest BCUT2D eigenvalue weighted by atomic mass is 35.5. The number of ether oxygens (including phenoxy) is 1. The van der Waals surface area contributed by atoms with Gasteiger partial charge < -0.3 is 14.3 Å². The minimum absolute atomic E-state index is 0.127. The Kier molecular flexibility index (Phi) is 6.80. The summed E-state index contributed by atoms with van der Waals surface area (Å²) in [6.45, 7) is 2.79. The minimum atomic E-state index is -4.13. The zero-order valence-corrected chi connectivity index (χ0v) is 18.2. The summed E-state index contributed by atoms with van der Waals surface area (Å²) < 4.78 is 37.6.